The summed E-state index contributed by atoms with van der Waals surface area (Å²) in [5.74, 6) is 1.61. The summed E-state index contributed by atoms with van der Waals surface area (Å²) in [6.45, 7) is 6.11. The number of nitrogens with zero attached hydrogens (tertiary/aromatic N) is 1. The average molecular weight is 438 g/mol. The van der Waals surface area contributed by atoms with Gasteiger partial charge in [-0.05, 0) is 23.8 Å². The lowest BCUT2D eigenvalue weighted by Gasteiger charge is -2.15. The summed E-state index contributed by atoms with van der Waals surface area (Å²) in [6.07, 6.45) is 0.582. The van der Waals surface area contributed by atoms with Crippen LogP contribution in [0.1, 0.15) is 32.9 Å². The number of aromatic amines is 1. The second-order valence-electron chi connectivity index (χ2n) is 6.48. The minimum Gasteiger partial charge on any atom is -0.493 e. The quantitative estimate of drug-likeness (QED) is 0.429. The number of carbonyl (C=O) groups is 1. The molecule has 9 heteroatoms. The van der Waals surface area contributed by atoms with Crippen molar-refractivity contribution in [3.63, 3.8) is 0 Å². The lowest BCUT2D eigenvalue weighted by Crippen LogP contribution is -2.25. The topological polar surface area (TPSA) is 93.3 Å². The van der Waals surface area contributed by atoms with Crippen molar-refractivity contribution in [3.05, 3.63) is 40.3 Å². The van der Waals surface area contributed by atoms with Gasteiger partial charge in [0.05, 0.1) is 25.2 Å². The van der Waals surface area contributed by atoms with Crippen LogP contribution in [0.15, 0.2) is 34.2 Å². The van der Waals surface area contributed by atoms with Crippen LogP contribution in [0.4, 0.5) is 5.69 Å². The molecule has 0 aliphatic heterocycles. The van der Waals surface area contributed by atoms with Gasteiger partial charge >= 0.3 is 0 Å². The number of thioether (sulfide) groups is 2. The van der Waals surface area contributed by atoms with Gasteiger partial charge in [-0.1, -0.05) is 32.5 Å². The number of nitrogens with one attached hydrogen (secondary N) is 2. The highest BCUT2D eigenvalue weighted by Gasteiger charge is 2.20. The van der Waals surface area contributed by atoms with Crippen LogP contribution in [0.25, 0.3) is 0 Å². The first-order valence-electron chi connectivity index (χ1n) is 9.27. The number of anilines is 1. The summed E-state index contributed by atoms with van der Waals surface area (Å²) in [6, 6.07) is 6.69. The molecule has 29 heavy (non-hydrogen) atoms. The summed E-state index contributed by atoms with van der Waals surface area (Å²) < 4.78 is 10.5. The average Bonchev–Trinajstić information content (AvgIpc) is 2.69. The van der Waals surface area contributed by atoms with Crippen molar-refractivity contribution in [3.8, 4) is 11.5 Å². The Morgan fingerprint density at radius 1 is 1.21 bits per heavy atom. The molecule has 0 saturated carbocycles. The van der Waals surface area contributed by atoms with Gasteiger partial charge in [-0.3, -0.25) is 9.59 Å². The number of benzene rings is 1. The molecule has 0 aliphatic carbocycles. The van der Waals surface area contributed by atoms with Gasteiger partial charge in [-0.25, -0.2) is 4.98 Å². The second kappa shape index (κ2) is 11.2. The Hall–Kier alpha value is -2.13. The van der Waals surface area contributed by atoms with E-state index >= 15 is 0 Å². The third kappa shape index (κ3) is 7.01. The van der Waals surface area contributed by atoms with Crippen molar-refractivity contribution < 1.29 is 14.3 Å². The zero-order valence-electron chi connectivity index (χ0n) is 17.3. The summed E-state index contributed by atoms with van der Waals surface area (Å²) in [7, 11) is 3.10. The van der Waals surface area contributed by atoms with Gasteiger partial charge in [0.25, 0.3) is 5.56 Å². The number of ether oxygens (including phenoxy) is 2. The molecule has 158 valence electrons. The van der Waals surface area contributed by atoms with Crippen LogP contribution in [0, 0.1) is 0 Å². The SMILES string of the molecule is CCC(Sc1nc(CSC(C)C)cc(=O)[nH]1)C(=O)Nc1ccc(OC)c(OC)c1. The first-order valence-corrected chi connectivity index (χ1v) is 11.2. The van der Waals surface area contributed by atoms with Gasteiger partial charge in [0, 0.05) is 23.6 Å². The summed E-state index contributed by atoms with van der Waals surface area (Å²) in [5.41, 5.74) is 1.11. The van der Waals surface area contributed by atoms with Crippen molar-refractivity contribution in [2.75, 3.05) is 19.5 Å². The van der Waals surface area contributed by atoms with E-state index in [4.69, 9.17) is 9.47 Å². The molecule has 2 aromatic rings. The van der Waals surface area contributed by atoms with Gasteiger partial charge in [0.2, 0.25) is 5.91 Å². The molecule has 0 bridgehead atoms. The first kappa shape index (κ1) is 23.2. The van der Waals surface area contributed by atoms with Crippen molar-refractivity contribution in [1.82, 2.24) is 9.97 Å². The fraction of sp³-hybridized carbons (Fsp3) is 0.450. The highest BCUT2D eigenvalue weighted by Crippen LogP contribution is 2.30. The molecule has 0 aliphatic rings. The van der Waals surface area contributed by atoms with Crippen LogP contribution in [0.2, 0.25) is 0 Å². The third-order valence-corrected chi connectivity index (χ3v) is 6.28. The third-order valence-electron chi connectivity index (χ3n) is 3.91. The lowest BCUT2D eigenvalue weighted by molar-refractivity contribution is -0.115. The fourth-order valence-corrected chi connectivity index (χ4v) is 4.04. The van der Waals surface area contributed by atoms with E-state index in [1.54, 1.807) is 44.2 Å². The van der Waals surface area contributed by atoms with E-state index in [0.29, 0.717) is 45.5 Å². The molecule has 1 amide bonds. The van der Waals surface area contributed by atoms with Crippen LogP contribution >= 0.6 is 23.5 Å². The van der Waals surface area contributed by atoms with E-state index in [2.05, 4.69) is 29.1 Å². The van der Waals surface area contributed by atoms with Gasteiger partial charge in [0.1, 0.15) is 0 Å². The molecule has 1 aromatic heterocycles. The number of rotatable bonds is 10. The molecule has 0 saturated heterocycles. The van der Waals surface area contributed by atoms with Crippen molar-refractivity contribution >= 4 is 35.1 Å². The van der Waals surface area contributed by atoms with Gasteiger partial charge in [-0.2, -0.15) is 11.8 Å². The number of amides is 1. The highest BCUT2D eigenvalue weighted by atomic mass is 32.2. The fourth-order valence-electron chi connectivity index (χ4n) is 2.46. The van der Waals surface area contributed by atoms with Crippen LogP contribution in [-0.4, -0.2) is 40.6 Å². The van der Waals surface area contributed by atoms with E-state index < -0.39 is 5.25 Å². The zero-order valence-corrected chi connectivity index (χ0v) is 18.9. The Kier molecular flexibility index (Phi) is 8.91. The molecular weight excluding hydrogens is 410 g/mol. The number of hydrogen-bond acceptors (Lipinski definition) is 7. The normalized spacial score (nSPS) is 11.9. The smallest absolute Gasteiger partial charge is 0.251 e. The Balaban J connectivity index is 2.11. The highest BCUT2D eigenvalue weighted by molar-refractivity contribution is 8.00. The van der Waals surface area contributed by atoms with Crippen molar-refractivity contribution in [2.45, 2.75) is 48.6 Å². The molecular formula is C20H27N3O4S2. The summed E-state index contributed by atoms with van der Waals surface area (Å²) in [5, 5.41) is 3.38. The van der Waals surface area contributed by atoms with E-state index in [0.717, 1.165) is 0 Å². The Labute approximate surface area is 179 Å². The molecule has 2 N–H and O–H groups in total. The maximum atomic E-state index is 12.8. The monoisotopic (exact) mass is 437 g/mol. The van der Waals surface area contributed by atoms with E-state index in [1.165, 1.54) is 17.8 Å². The molecule has 0 fully saturated rings. The van der Waals surface area contributed by atoms with E-state index in [9.17, 15) is 9.59 Å². The standard InChI is InChI=1S/C20H27N3O4S2/c1-6-17(19(25)21-13-7-8-15(26-4)16(9-13)27-5)29-20-22-14(10-18(24)23-20)11-28-12(2)3/h7-10,12,17H,6,11H2,1-5H3,(H,21,25)(H,22,23,24). The predicted molar refractivity (Wildman–Crippen MR) is 119 cm³/mol. The van der Waals surface area contributed by atoms with E-state index in [1.807, 2.05) is 6.92 Å². The summed E-state index contributed by atoms with van der Waals surface area (Å²) in [4.78, 5) is 32.0. The molecule has 0 radical (unpaired) electrons. The molecule has 0 spiro atoms. The first-order chi connectivity index (χ1) is 13.9. The Bertz CT molecular complexity index is 886. The minimum absolute atomic E-state index is 0.172. The van der Waals surface area contributed by atoms with Crippen molar-refractivity contribution in [2.24, 2.45) is 0 Å². The lowest BCUT2D eigenvalue weighted by atomic mass is 10.2. The Morgan fingerprint density at radius 2 is 1.93 bits per heavy atom. The van der Waals surface area contributed by atoms with Gasteiger partial charge < -0.3 is 19.8 Å². The molecule has 7 nitrogen and oxygen atoms in total. The van der Waals surface area contributed by atoms with Crippen LogP contribution < -0.4 is 20.3 Å². The maximum absolute atomic E-state index is 12.8. The van der Waals surface area contributed by atoms with Crippen LogP contribution in [0.5, 0.6) is 11.5 Å². The van der Waals surface area contributed by atoms with E-state index in [-0.39, 0.29) is 11.5 Å². The number of aromatic nitrogens is 2. The van der Waals surface area contributed by atoms with Crippen LogP contribution in [-0.2, 0) is 10.5 Å². The molecule has 1 heterocycles. The number of hydrogen-bond donors (Lipinski definition) is 2. The van der Waals surface area contributed by atoms with Gasteiger partial charge in [-0.15, -0.1) is 0 Å². The molecule has 2 rings (SSSR count). The molecule has 1 atom stereocenters. The number of methoxy groups -OCH3 is 2. The molecule has 1 unspecified atom stereocenters. The maximum Gasteiger partial charge on any atom is 0.251 e. The Morgan fingerprint density at radius 3 is 2.55 bits per heavy atom. The predicted octanol–water partition coefficient (Wildman–Crippen LogP) is 3.94. The summed E-state index contributed by atoms with van der Waals surface area (Å²) >= 11 is 2.97. The zero-order chi connectivity index (χ0) is 21.4. The van der Waals surface area contributed by atoms with Gasteiger partial charge in [0.15, 0.2) is 16.7 Å². The largest absolute Gasteiger partial charge is 0.493 e. The number of carbonyl (C=O) groups excluding carboxylic acids is 1. The second-order valence-corrected chi connectivity index (χ2v) is 9.23. The number of H-pyrrole nitrogens is 1. The minimum atomic E-state index is -0.403. The van der Waals surface area contributed by atoms with Crippen molar-refractivity contribution in [1.29, 1.82) is 0 Å². The van der Waals surface area contributed by atoms with Crippen LogP contribution in [0.3, 0.4) is 0 Å². The molecule has 1 aromatic carbocycles.